The van der Waals surface area contributed by atoms with Crippen LogP contribution in [0.5, 0.6) is 17.2 Å². The average molecular weight is 609 g/mol. The van der Waals surface area contributed by atoms with Crippen LogP contribution in [0.1, 0.15) is 94.4 Å². The molecule has 220 valence electrons. The monoisotopic (exact) mass is 608 g/mol. The maximum atomic E-state index is 12.7. The Balaban J connectivity index is 1.34. The van der Waals surface area contributed by atoms with E-state index >= 15 is 0 Å². The lowest BCUT2D eigenvalue weighted by atomic mass is 10.1. The van der Waals surface area contributed by atoms with Gasteiger partial charge in [-0.15, -0.1) is 0 Å². The molecule has 0 amide bonds. The molecule has 9 heteroatoms. The highest BCUT2D eigenvalue weighted by molar-refractivity contribution is 7.48. The van der Waals surface area contributed by atoms with E-state index in [0.29, 0.717) is 23.9 Å². The Morgan fingerprint density at radius 1 is 0.875 bits per heavy atom. The van der Waals surface area contributed by atoms with Crippen molar-refractivity contribution >= 4 is 30.8 Å². The summed E-state index contributed by atoms with van der Waals surface area (Å²) in [6.45, 7) is 5.52. The average Bonchev–Trinajstić information content (AvgIpc) is 3.31. The van der Waals surface area contributed by atoms with Crippen molar-refractivity contribution in [1.82, 2.24) is 0 Å². The second-order valence-electron chi connectivity index (χ2n) is 10.3. The molecule has 40 heavy (non-hydrogen) atoms. The van der Waals surface area contributed by atoms with E-state index in [0.717, 1.165) is 18.4 Å². The van der Waals surface area contributed by atoms with Crippen molar-refractivity contribution in [2.45, 2.75) is 97.4 Å². The molecule has 0 saturated heterocycles. The molecule has 6 nitrogen and oxygen atoms in total. The molecule has 0 aliphatic carbocycles. The van der Waals surface area contributed by atoms with E-state index in [-0.39, 0.29) is 11.5 Å². The number of phosphoric ester groups is 1. The molecule has 1 aromatic heterocycles. The van der Waals surface area contributed by atoms with Gasteiger partial charge in [-0.1, -0.05) is 113 Å². The zero-order chi connectivity index (χ0) is 28.6. The highest BCUT2D eigenvalue weighted by Gasteiger charge is 2.26. The van der Waals surface area contributed by atoms with Gasteiger partial charge in [0.05, 0.1) is 16.5 Å². The molecule has 0 bridgehead atoms. The highest BCUT2D eigenvalue weighted by Crippen LogP contribution is 2.45. The van der Waals surface area contributed by atoms with Crippen LogP contribution in [0.2, 0.25) is 5.02 Å². The Morgan fingerprint density at radius 2 is 1.50 bits per heavy atom. The Kier molecular flexibility index (Phi) is 14.4. The first-order valence-corrected chi connectivity index (χ1v) is 17.3. The Labute approximate surface area is 248 Å². The normalized spacial score (nSPS) is 12.7. The summed E-state index contributed by atoms with van der Waals surface area (Å²) in [4.78, 5) is 11.5. The van der Waals surface area contributed by atoms with Gasteiger partial charge in [-0.25, -0.2) is 4.57 Å². The minimum absolute atomic E-state index is 0.133. The van der Waals surface area contributed by atoms with Crippen LogP contribution in [-0.4, -0.2) is 11.5 Å². The van der Waals surface area contributed by atoms with Gasteiger partial charge < -0.3 is 13.8 Å². The molecule has 0 radical (unpaired) electrons. The van der Waals surface area contributed by atoms with Gasteiger partial charge in [0, 0.05) is 11.6 Å². The molecule has 0 spiro atoms. The summed E-state index contributed by atoms with van der Waals surface area (Å²) in [6.07, 6.45) is 17.5. The summed E-state index contributed by atoms with van der Waals surface area (Å²) >= 11 is 8.01. The third kappa shape index (κ3) is 12.6. The van der Waals surface area contributed by atoms with E-state index in [1.165, 1.54) is 75.2 Å². The van der Waals surface area contributed by atoms with Crippen molar-refractivity contribution in [2.24, 2.45) is 0 Å². The maximum absolute atomic E-state index is 12.7. The van der Waals surface area contributed by atoms with Crippen molar-refractivity contribution in [3.8, 4) is 17.2 Å². The lowest BCUT2D eigenvalue weighted by molar-refractivity contribution is -0.683. The number of aryl methyl sites for hydroxylation is 1. The molecule has 0 fully saturated rings. The summed E-state index contributed by atoms with van der Waals surface area (Å²) < 4.78 is 31.1. The summed E-state index contributed by atoms with van der Waals surface area (Å²) in [6, 6.07) is 11.7. The highest BCUT2D eigenvalue weighted by atomic mass is 35.5. The second-order valence-corrected chi connectivity index (χ2v) is 13.1. The number of aromatic nitrogens is 1. The molecule has 0 aliphatic rings. The van der Waals surface area contributed by atoms with E-state index in [2.05, 4.69) is 11.5 Å². The van der Waals surface area contributed by atoms with Crippen LogP contribution in [0.4, 0.5) is 0 Å². The molecule has 1 unspecified atom stereocenters. The summed E-state index contributed by atoms with van der Waals surface area (Å²) in [7, 11) is -4.42. The Morgan fingerprint density at radius 3 is 2.10 bits per heavy atom. The van der Waals surface area contributed by atoms with Gasteiger partial charge in [0.1, 0.15) is 17.2 Å². The minimum Gasteiger partial charge on any atom is -0.492 e. The zero-order valence-corrected chi connectivity index (χ0v) is 26.3. The van der Waals surface area contributed by atoms with Gasteiger partial charge in [0.15, 0.2) is 12.7 Å². The Bertz CT molecular complexity index is 1200. The van der Waals surface area contributed by atoms with Crippen LogP contribution < -0.4 is 18.4 Å². The molecule has 0 saturated carbocycles. The van der Waals surface area contributed by atoms with Gasteiger partial charge in [0.2, 0.25) is 5.51 Å². The predicted molar refractivity (Wildman–Crippen MR) is 164 cm³/mol. The SMILES string of the molecule is CCCCCCCCCCCCCCOc1ccc(OP(=O)(O)Oc2cccc(C[n+]3csc(C)c3)c2)cc1Cl. The number of unbranched alkanes of at least 4 members (excludes halogenated alkanes) is 11. The van der Waals surface area contributed by atoms with Crippen molar-refractivity contribution in [2.75, 3.05) is 6.61 Å². The number of ether oxygens (including phenoxy) is 1. The number of benzene rings is 2. The third-order valence-electron chi connectivity index (χ3n) is 6.59. The zero-order valence-electron chi connectivity index (χ0n) is 23.9. The van der Waals surface area contributed by atoms with E-state index in [1.807, 2.05) is 24.7 Å². The van der Waals surface area contributed by atoms with Crippen molar-refractivity contribution < 1.29 is 27.8 Å². The van der Waals surface area contributed by atoms with Crippen molar-refractivity contribution in [1.29, 1.82) is 0 Å². The fourth-order valence-electron chi connectivity index (χ4n) is 4.51. The number of phosphoric acid groups is 1. The number of hydrogen-bond donors (Lipinski definition) is 1. The van der Waals surface area contributed by atoms with Crippen LogP contribution in [-0.2, 0) is 11.1 Å². The molecule has 1 N–H and O–H groups in total. The van der Waals surface area contributed by atoms with Crippen LogP contribution in [0.25, 0.3) is 0 Å². The topological polar surface area (TPSA) is 68.9 Å². The smallest absolute Gasteiger partial charge is 0.492 e. The molecule has 2 aromatic carbocycles. The number of halogens is 1. The van der Waals surface area contributed by atoms with Gasteiger partial charge in [-0.3, -0.25) is 4.89 Å². The number of thiazole rings is 1. The minimum atomic E-state index is -4.42. The largest absolute Gasteiger partial charge is 0.584 e. The molecule has 0 aliphatic heterocycles. The summed E-state index contributed by atoms with van der Waals surface area (Å²) in [5, 5.41) is 0.321. The van der Waals surface area contributed by atoms with Crippen LogP contribution in [0.15, 0.2) is 54.2 Å². The number of nitrogens with zero attached hydrogens (tertiary/aromatic N) is 1. The molecule has 1 heterocycles. The third-order valence-corrected chi connectivity index (χ3v) is 8.62. The summed E-state index contributed by atoms with van der Waals surface area (Å²) in [5.41, 5.74) is 2.97. The molecule has 1 atom stereocenters. The molecule has 3 rings (SSSR count). The van der Waals surface area contributed by atoms with Gasteiger partial charge in [-0.05, 0) is 37.6 Å². The molecule has 3 aromatic rings. The first-order chi connectivity index (χ1) is 19.3. The fraction of sp³-hybridized carbons (Fsp3) is 0.516. The first-order valence-electron chi connectivity index (χ1n) is 14.5. The van der Waals surface area contributed by atoms with Crippen LogP contribution in [0, 0.1) is 6.92 Å². The van der Waals surface area contributed by atoms with Gasteiger partial charge >= 0.3 is 7.82 Å². The van der Waals surface area contributed by atoms with E-state index in [4.69, 9.17) is 25.4 Å². The molecular weight excluding hydrogens is 565 g/mol. The first kappa shape index (κ1) is 32.5. The number of rotatable bonds is 20. The van der Waals surface area contributed by atoms with Crippen molar-refractivity contribution in [3.63, 3.8) is 0 Å². The van der Waals surface area contributed by atoms with E-state index in [9.17, 15) is 9.46 Å². The van der Waals surface area contributed by atoms with Crippen LogP contribution >= 0.6 is 30.8 Å². The van der Waals surface area contributed by atoms with Gasteiger partial charge in [0.25, 0.3) is 0 Å². The maximum Gasteiger partial charge on any atom is 0.584 e. The van der Waals surface area contributed by atoms with Gasteiger partial charge in [-0.2, -0.15) is 4.57 Å². The lowest BCUT2D eigenvalue weighted by Gasteiger charge is -2.15. The fourth-order valence-corrected chi connectivity index (χ4v) is 6.16. The van der Waals surface area contributed by atoms with E-state index in [1.54, 1.807) is 41.7 Å². The standard InChI is InChI=1S/C31H43ClNO5PS/c1-3-4-5-6-7-8-9-10-11-12-13-14-20-36-31-19-18-29(22-30(31)32)38-39(34,35)37-28-17-15-16-27(21-28)24-33-23-26(2)40-25-33/h15-19,21-23,25H,3-14,20,24H2,1-2H3/p+1. The quantitative estimate of drug-likeness (QED) is 0.0785. The predicted octanol–water partition coefficient (Wildman–Crippen LogP) is 9.68. The van der Waals surface area contributed by atoms with Crippen LogP contribution in [0.3, 0.4) is 0 Å². The lowest BCUT2D eigenvalue weighted by Crippen LogP contribution is -2.30. The number of hydrogen-bond acceptors (Lipinski definition) is 5. The second kappa shape index (κ2) is 17.7. The van der Waals surface area contributed by atoms with Crippen molar-refractivity contribution in [3.05, 3.63) is 69.6 Å². The summed E-state index contributed by atoms with van der Waals surface area (Å²) in [5.74, 6) is 0.915. The van der Waals surface area contributed by atoms with E-state index < -0.39 is 7.82 Å². The Hall–Kier alpha value is -2.05. The molecular formula is C31H44ClNO5PS+.